The number of amides is 2. The van der Waals surface area contributed by atoms with E-state index >= 15 is 0 Å². The van der Waals surface area contributed by atoms with Crippen LogP contribution in [-0.4, -0.2) is 40.5 Å². The van der Waals surface area contributed by atoms with E-state index in [0.29, 0.717) is 29.4 Å². The van der Waals surface area contributed by atoms with Gasteiger partial charge < -0.3 is 19.2 Å². The molecule has 0 spiro atoms. The standard InChI is InChI=1S/C23H24ClN5O8S/c1-23(2,3)37-22(31)27-38(34,35)19-8-16(24)18(9-17(19)29(32)33)36-21(30)25-10-15-12-28-11-14(13-4-5-13)6-7-20(28)26-15/h6-9,11-13H,4-5,10H2,1-3H3,(H,25,30)(H,27,31). The third-order valence-electron chi connectivity index (χ3n) is 5.31. The van der Waals surface area contributed by atoms with Gasteiger partial charge in [0.15, 0.2) is 10.6 Å². The van der Waals surface area contributed by atoms with Crippen molar-refractivity contribution in [1.82, 2.24) is 19.4 Å². The van der Waals surface area contributed by atoms with Gasteiger partial charge in [0.05, 0.1) is 28.3 Å². The fourth-order valence-electron chi connectivity index (χ4n) is 3.53. The molecule has 202 valence electrons. The zero-order valence-electron chi connectivity index (χ0n) is 20.6. The molecule has 1 aromatic carbocycles. The molecule has 2 heterocycles. The molecule has 38 heavy (non-hydrogen) atoms. The number of imidazole rings is 1. The molecule has 13 nitrogen and oxygen atoms in total. The number of aromatic nitrogens is 2. The number of benzene rings is 1. The van der Waals surface area contributed by atoms with Crippen molar-refractivity contribution in [1.29, 1.82) is 0 Å². The quantitative estimate of drug-likeness (QED) is 0.313. The predicted octanol–water partition coefficient (Wildman–Crippen LogP) is 4.28. The van der Waals surface area contributed by atoms with Gasteiger partial charge in [-0.2, -0.15) is 0 Å². The van der Waals surface area contributed by atoms with Crippen LogP contribution < -0.4 is 14.8 Å². The van der Waals surface area contributed by atoms with Crippen LogP contribution >= 0.6 is 11.6 Å². The van der Waals surface area contributed by atoms with Crippen molar-refractivity contribution in [2.75, 3.05) is 0 Å². The summed E-state index contributed by atoms with van der Waals surface area (Å²) in [7, 11) is -4.76. The van der Waals surface area contributed by atoms with Crippen LogP contribution in [-0.2, 0) is 21.3 Å². The Hall–Kier alpha value is -3.91. The smallest absolute Gasteiger partial charge is 0.421 e. The van der Waals surface area contributed by atoms with Crippen LogP contribution in [0.25, 0.3) is 5.65 Å². The lowest BCUT2D eigenvalue weighted by atomic mass is 10.2. The molecule has 0 atom stereocenters. The van der Waals surface area contributed by atoms with Crippen LogP contribution in [0.3, 0.4) is 0 Å². The van der Waals surface area contributed by atoms with Crippen LogP contribution in [0.15, 0.2) is 41.6 Å². The number of fused-ring (bicyclic) bond motifs is 1. The molecular formula is C23H24ClN5O8S. The lowest BCUT2D eigenvalue weighted by Gasteiger charge is -2.19. The minimum atomic E-state index is -4.76. The number of halogens is 1. The molecule has 0 radical (unpaired) electrons. The van der Waals surface area contributed by atoms with Crippen LogP contribution in [0.5, 0.6) is 5.75 Å². The minimum absolute atomic E-state index is 0.00867. The number of ether oxygens (including phenoxy) is 2. The Morgan fingerprint density at radius 3 is 2.55 bits per heavy atom. The number of carbonyl (C=O) groups is 2. The first-order valence-electron chi connectivity index (χ1n) is 11.4. The molecule has 0 aliphatic heterocycles. The molecule has 1 fully saturated rings. The van der Waals surface area contributed by atoms with Crippen molar-refractivity contribution < 1.29 is 32.4 Å². The molecule has 0 unspecified atom stereocenters. The summed E-state index contributed by atoms with van der Waals surface area (Å²) in [4.78, 5) is 38.4. The average Bonchev–Trinajstić information content (AvgIpc) is 3.56. The van der Waals surface area contributed by atoms with Gasteiger partial charge in [0.2, 0.25) is 0 Å². The van der Waals surface area contributed by atoms with Crippen molar-refractivity contribution in [2.45, 2.75) is 56.6 Å². The van der Waals surface area contributed by atoms with Gasteiger partial charge in [0.25, 0.3) is 15.7 Å². The molecule has 2 amide bonds. The van der Waals surface area contributed by atoms with Crippen molar-refractivity contribution in [3.8, 4) is 5.75 Å². The first-order valence-corrected chi connectivity index (χ1v) is 13.2. The van der Waals surface area contributed by atoms with E-state index in [4.69, 9.17) is 21.1 Å². The number of nitrogens with zero attached hydrogens (tertiary/aromatic N) is 3. The monoisotopic (exact) mass is 565 g/mol. The number of hydrogen-bond donors (Lipinski definition) is 2. The minimum Gasteiger partial charge on any atom is -0.443 e. The molecule has 1 saturated carbocycles. The second-order valence-electron chi connectivity index (χ2n) is 9.59. The second kappa shape index (κ2) is 10.1. The second-order valence-corrected chi connectivity index (χ2v) is 11.7. The molecule has 0 saturated heterocycles. The summed E-state index contributed by atoms with van der Waals surface area (Å²) in [6.45, 7) is 4.52. The van der Waals surface area contributed by atoms with E-state index in [1.54, 1.807) is 10.9 Å². The summed E-state index contributed by atoms with van der Waals surface area (Å²) >= 11 is 6.06. The van der Waals surface area contributed by atoms with Crippen molar-refractivity contribution in [2.24, 2.45) is 0 Å². The van der Waals surface area contributed by atoms with Gasteiger partial charge in [-0.15, -0.1) is 0 Å². The summed E-state index contributed by atoms with van der Waals surface area (Å²) in [5.74, 6) is 0.109. The van der Waals surface area contributed by atoms with E-state index in [2.05, 4.69) is 10.3 Å². The summed E-state index contributed by atoms with van der Waals surface area (Å²) in [5.41, 5.74) is 0.477. The lowest BCUT2D eigenvalue weighted by Crippen LogP contribution is -2.36. The molecule has 15 heteroatoms. The molecule has 2 N–H and O–H groups in total. The maximum atomic E-state index is 12.6. The van der Waals surface area contributed by atoms with E-state index in [1.165, 1.54) is 26.3 Å². The lowest BCUT2D eigenvalue weighted by molar-refractivity contribution is -0.387. The third-order valence-corrected chi connectivity index (χ3v) is 6.94. The zero-order chi connectivity index (χ0) is 27.8. The van der Waals surface area contributed by atoms with Crippen molar-refractivity contribution in [3.63, 3.8) is 0 Å². The molecule has 4 rings (SSSR count). The fourth-order valence-corrected chi connectivity index (χ4v) is 4.85. The summed E-state index contributed by atoms with van der Waals surface area (Å²) in [5, 5.41) is 13.6. The first kappa shape index (κ1) is 27.1. The SMILES string of the molecule is CC(C)(C)OC(=O)NS(=O)(=O)c1cc(Cl)c(OC(=O)NCc2cn3cc(C4CC4)ccc3n2)cc1[N+](=O)[O-]. The number of pyridine rings is 1. The highest BCUT2D eigenvalue weighted by molar-refractivity contribution is 7.90. The first-order chi connectivity index (χ1) is 17.7. The van der Waals surface area contributed by atoms with Crippen LogP contribution in [0.4, 0.5) is 15.3 Å². The number of nitro groups is 1. The Balaban J connectivity index is 1.46. The van der Waals surface area contributed by atoms with Gasteiger partial charge in [-0.1, -0.05) is 17.7 Å². The summed E-state index contributed by atoms with van der Waals surface area (Å²) < 4.78 is 38.7. The van der Waals surface area contributed by atoms with Gasteiger partial charge in [0, 0.05) is 12.4 Å². The van der Waals surface area contributed by atoms with Gasteiger partial charge >= 0.3 is 12.2 Å². The highest BCUT2D eigenvalue weighted by Crippen LogP contribution is 2.40. The van der Waals surface area contributed by atoms with Crippen LogP contribution in [0.1, 0.15) is 50.8 Å². The molecule has 3 aromatic rings. The van der Waals surface area contributed by atoms with E-state index in [-0.39, 0.29) is 6.54 Å². The number of hydrogen-bond acceptors (Lipinski definition) is 9. The fraction of sp³-hybridized carbons (Fsp3) is 0.348. The topological polar surface area (TPSA) is 171 Å². The Kier molecular flexibility index (Phi) is 7.21. The highest BCUT2D eigenvalue weighted by atomic mass is 35.5. The average molecular weight is 566 g/mol. The number of nitrogens with one attached hydrogen (secondary N) is 2. The summed E-state index contributed by atoms with van der Waals surface area (Å²) in [6, 6.07) is 5.29. The van der Waals surface area contributed by atoms with Gasteiger partial charge in [-0.05, 0) is 57.2 Å². The Morgan fingerprint density at radius 2 is 1.92 bits per heavy atom. The van der Waals surface area contributed by atoms with E-state index in [0.717, 1.165) is 12.8 Å². The van der Waals surface area contributed by atoms with Crippen molar-refractivity contribution >= 4 is 45.1 Å². The van der Waals surface area contributed by atoms with Crippen LogP contribution in [0, 0.1) is 10.1 Å². The normalized spacial score (nSPS) is 13.7. The van der Waals surface area contributed by atoms with E-state index in [1.807, 2.05) is 22.7 Å². The predicted molar refractivity (Wildman–Crippen MR) is 135 cm³/mol. The maximum Gasteiger partial charge on any atom is 0.421 e. The Bertz CT molecular complexity index is 1540. The number of nitro benzene ring substituents is 1. The maximum absolute atomic E-state index is 12.6. The number of sulfonamides is 1. The van der Waals surface area contributed by atoms with Gasteiger partial charge in [0.1, 0.15) is 11.2 Å². The Labute approximate surface area is 222 Å². The number of rotatable bonds is 7. The molecule has 0 bridgehead atoms. The van der Waals surface area contributed by atoms with Crippen molar-refractivity contribution in [3.05, 3.63) is 63.1 Å². The van der Waals surface area contributed by atoms with E-state index < -0.39 is 54.1 Å². The molecule has 2 aromatic heterocycles. The third kappa shape index (κ3) is 6.50. The largest absolute Gasteiger partial charge is 0.443 e. The Morgan fingerprint density at radius 1 is 1.21 bits per heavy atom. The number of carbonyl (C=O) groups excluding carboxylic acids is 2. The van der Waals surface area contributed by atoms with E-state index in [9.17, 15) is 28.1 Å². The highest BCUT2D eigenvalue weighted by Gasteiger charge is 2.32. The van der Waals surface area contributed by atoms with Gasteiger partial charge in [-0.3, -0.25) is 10.1 Å². The molecular weight excluding hydrogens is 542 g/mol. The van der Waals surface area contributed by atoms with Gasteiger partial charge in [-0.25, -0.2) is 27.7 Å². The molecule has 1 aliphatic rings. The zero-order valence-corrected chi connectivity index (χ0v) is 22.1. The summed E-state index contributed by atoms with van der Waals surface area (Å²) in [6.07, 6.45) is 3.74. The van der Waals surface area contributed by atoms with Crippen LogP contribution in [0.2, 0.25) is 5.02 Å². The molecule has 1 aliphatic carbocycles.